The Balaban J connectivity index is 2.11. The minimum absolute atomic E-state index is 0.259. The summed E-state index contributed by atoms with van der Waals surface area (Å²) in [6.07, 6.45) is 2.31. The van der Waals surface area contributed by atoms with Crippen molar-refractivity contribution in [2.75, 3.05) is 13.1 Å². The van der Waals surface area contributed by atoms with Gasteiger partial charge in [0.1, 0.15) is 0 Å². The Morgan fingerprint density at radius 3 is 2.33 bits per heavy atom. The smallest absolute Gasteiger partial charge is 0.0278 e. The van der Waals surface area contributed by atoms with E-state index < -0.39 is 0 Å². The van der Waals surface area contributed by atoms with Crippen LogP contribution in [0, 0.1) is 5.92 Å². The van der Waals surface area contributed by atoms with Crippen LogP contribution in [0.2, 0.25) is 0 Å². The molecule has 2 nitrogen and oxygen atoms in total. The third-order valence-electron chi connectivity index (χ3n) is 5.13. The first-order chi connectivity index (χ1) is 9.97. The van der Waals surface area contributed by atoms with Crippen molar-refractivity contribution in [1.29, 1.82) is 0 Å². The Morgan fingerprint density at radius 2 is 1.81 bits per heavy atom. The van der Waals surface area contributed by atoms with Crippen molar-refractivity contribution in [2.45, 2.75) is 65.6 Å². The van der Waals surface area contributed by atoms with Gasteiger partial charge in [0, 0.05) is 31.2 Å². The zero-order valence-electron chi connectivity index (χ0n) is 14.4. The first-order valence-electron chi connectivity index (χ1n) is 8.54. The zero-order chi connectivity index (χ0) is 15.5. The molecule has 2 atom stereocenters. The molecule has 0 amide bonds. The van der Waals surface area contributed by atoms with E-state index in [1.807, 2.05) is 0 Å². The molecule has 1 heterocycles. The van der Waals surface area contributed by atoms with E-state index in [1.165, 1.54) is 17.5 Å². The predicted octanol–water partition coefficient (Wildman–Crippen LogP) is 3.85. The molecule has 2 unspecified atom stereocenters. The average molecular weight is 288 g/mol. The molecule has 0 aliphatic carbocycles. The largest absolute Gasteiger partial charge is 0.309 e. The van der Waals surface area contributed by atoms with E-state index in [9.17, 15) is 0 Å². The summed E-state index contributed by atoms with van der Waals surface area (Å²) in [4.78, 5) is 2.69. The molecule has 0 saturated carbocycles. The van der Waals surface area contributed by atoms with Gasteiger partial charge in [0.05, 0.1) is 0 Å². The molecule has 0 bridgehead atoms. The first-order valence-corrected chi connectivity index (χ1v) is 8.54. The summed E-state index contributed by atoms with van der Waals surface area (Å²) < 4.78 is 0. The molecule has 1 fully saturated rings. The molecule has 0 radical (unpaired) electrons. The van der Waals surface area contributed by atoms with Gasteiger partial charge in [-0.3, -0.25) is 4.90 Å². The van der Waals surface area contributed by atoms with E-state index in [2.05, 4.69) is 69.1 Å². The van der Waals surface area contributed by atoms with E-state index in [0.29, 0.717) is 12.0 Å². The van der Waals surface area contributed by atoms with Gasteiger partial charge < -0.3 is 5.32 Å². The maximum absolute atomic E-state index is 3.77. The minimum Gasteiger partial charge on any atom is -0.309 e. The fraction of sp³-hybridized carbons (Fsp3) is 0.684. The highest BCUT2D eigenvalue weighted by molar-refractivity contribution is 5.22. The Bertz CT molecular complexity index is 437. The van der Waals surface area contributed by atoms with E-state index >= 15 is 0 Å². The van der Waals surface area contributed by atoms with Crippen LogP contribution >= 0.6 is 0 Å². The van der Waals surface area contributed by atoms with Crippen LogP contribution in [-0.2, 0) is 13.0 Å². The zero-order valence-corrected chi connectivity index (χ0v) is 14.4. The quantitative estimate of drug-likeness (QED) is 0.885. The molecule has 118 valence electrons. The Morgan fingerprint density at radius 1 is 1.19 bits per heavy atom. The van der Waals surface area contributed by atoms with E-state index in [-0.39, 0.29) is 5.54 Å². The normalized spacial score (nSPS) is 27.2. The lowest BCUT2D eigenvalue weighted by Gasteiger charge is -2.47. The van der Waals surface area contributed by atoms with Crippen molar-refractivity contribution in [1.82, 2.24) is 10.2 Å². The van der Waals surface area contributed by atoms with Gasteiger partial charge in [-0.15, -0.1) is 0 Å². The molecule has 1 aromatic carbocycles. The van der Waals surface area contributed by atoms with Crippen LogP contribution in [0.25, 0.3) is 0 Å². The Labute approximate surface area is 130 Å². The van der Waals surface area contributed by atoms with Crippen LogP contribution in [0.4, 0.5) is 0 Å². The monoisotopic (exact) mass is 288 g/mol. The lowest BCUT2D eigenvalue weighted by atomic mass is 9.89. The number of benzene rings is 1. The van der Waals surface area contributed by atoms with Crippen molar-refractivity contribution < 1.29 is 0 Å². The molecule has 1 saturated heterocycles. The molecule has 1 aromatic rings. The number of rotatable bonds is 5. The van der Waals surface area contributed by atoms with Gasteiger partial charge in [-0.1, -0.05) is 52.0 Å². The molecular weight excluding hydrogens is 256 g/mol. The van der Waals surface area contributed by atoms with Crippen LogP contribution in [0.1, 0.15) is 52.2 Å². The summed E-state index contributed by atoms with van der Waals surface area (Å²) in [5.74, 6) is 0.689. The Kier molecular flexibility index (Phi) is 5.45. The number of nitrogens with one attached hydrogen (secondary N) is 1. The lowest BCUT2D eigenvalue weighted by Crippen LogP contribution is -2.63. The maximum Gasteiger partial charge on any atom is 0.0278 e. The number of nitrogens with zero attached hydrogens (tertiary/aromatic N) is 1. The summed E-state index contributed by atoms with van der Waals surface area (Å²) in [5, 5.41) is 3.77. The van der Waals surface area contributed by atoms with Crippen molar-refractivity contribution >= 4 is 0 Å². The maximum atomic E-state index is 3.77. The first kappa shape index (κ1) is 16.5. The average Bonchev–Trinajstić information content (AvgIpc) is 2.48. The number of hydrogen-bond acceptors (Lipinski definition) is 2. The van der Waals surface area contributed by atoms with E-state index in [1.54, 1.807) is 0 Å². The van der Waals surface area contributed by atoms with Crippen LogP contribution in [0.5, 0.6) is 0 Å². The highest BCUT2D eigenvalue weighted by atomic mass is 15.3. The van der Waals surface area contributed by atoms with Gasteiger partial charge >= 0.3 is 0 Å². The predicted molar refractivity (Wildman–Crippen MR) is 91.6 cm³/mol. The van der Waals surface area contributed by atoms with Crippen molar-refractivity contribution in [3.8, 4) is 0 Å². The number of hydrogen-bond donors (Lipinski definition) is 1. The van der Waals surface area contributed by atoms with E-state index in [0.717, 1.165) is 26.1 Å². The van der Waals surface area contributed by atoms with Crippen molar-refractivity contribution in [3.63, 3.8) is 0 Å². The van der Waals surface area contributed by atoms with Gasteiger partial charge in [-0.25, -0.2) is 0 Å². The second kappa shape index (κ2) is 6.93. The van der Waals surface area contributed by atoms with Crippen LogP contribution in [-0.4, -0.2) is 29.6 Å². The lowest BCUT2D eigenvalue weighted by molar-refractivity contribution is 0.0539. The second-order valence-electron chi connectivity index (χ2n) is 7.18. The van der Waals surface area contributed by atoms with Crippen LogP contribution < -0.4 is 5.32 Å². The topological polar surface area (TPSA) is 15.3 Å². The van der Waals surface area contributed by atoms with Crippen LogP contribution in [0.15, 0.2) is 24.3 Å². The van der Waals surface area contributed by atoms with Gasteiger partial charge in [-0.2, -0.15) is 0 Å². The molecule has 1 aliphatic rings. The molecule has 2 rings (SSSR count). The molecule has 2 heteroatoms. The van der Waals surface area contributed by atoms with Gasteiger partial charge in [0.2, 0.25) is 0 Å². The fourth-order valence-corrected chi connectivity index (χ4v) is 3.28. The molecule has 1 aliphatic heterocycles. The third kappa shape index (κ3) is 4.08. The number of aryl methyl sites for hydroxylation is 1. The second-order valence-corrected chi connectivity index (χ2v) is 7.18. The van der Waals surface area contributed by atoms with Crippen molar-refractivity contribution in [3.05, 3.63) is 35.4 Å². The molecule has 0 spiro atoms. The summed E-state index contributed by atoms with van der Waals surface area (Å²) in [5.41, 5.74) is 3.13. The summed E-state index contributed by atoms with van der Waals surface area (Å²) in [6, 6.07) is 9.81. The number of piperazine rings is 1. The van der Waals surface area contributed by atoms with Gasteiger partial charge in [-0.05, 0) is 36.8 Å². The summed E-state index contributed by atoms with van der Waals surface area (Å²) >= 11 is 0. The van der Waals surface area contributed by atoms with Crippen LogP contribution in [0.3, 0.4) is 0 Å². The summed E-state index contributed by atoms with van der Waals surface area (Å²) in [7, 11) is 0. The fourth-order valence-electron chi connectivity index (χ4n) is 3.28. The standard InChI is InChI=1S/C19H32N2/c1-6-16-8-10-17(11-9-16)13-21-14-19(5,7-2)20-12-18(21)15(3)4/h8-11,15,18,20H,6-7,12-14H2,1-5H3. The molecule has 1 N–H and O–H groups in total. The van der Waals surface area contributed by atoms with E-state index in [4.69, 9.17) is 0 Å². The highest BCUT2D eigenvalue weighted by Crippen LogP contribution is 2.24. The minimum atomic E-state index is 0.259. The third-order valence-corrected chi connectivity index (χ3v) is 5.13. The van der Waals surface area contributed by atoms with Gasteiger partial charge in [0.25, 0.3) is 0 Å². The highest BCUT2D eigenvalue weighted by Gasteiger charge is 2.35. The molecule has 0 aromatic heterocycles. The SMILES string of the molecule is CCc1ccc(CN2CC(C)(CC)NCC2C(C)C)cc1. The summed E-state index contributed by atoms with van der Waals surface area (Å²) in [6.45, 7) is 14.9. The molecule has 21 heavy (non-hydrogen) atoms. The molecular formula is C19H32N2. The Hall–Kier alpha value is -0.860. The van der Waals surface area contributed by atoms with Crippen molar-refractivity contribution in [2.24, 2.45) is 5.92 Å². The van der Waals surface area contributed by atoms with Gasteiger partial charge in [0.15, 0.2) is 0 Å².